The van der Waals surface area contributed by atoms with E-state index in [-0.39, 0.29) is 5.91 Å². The van der Waals surface area contributed by atoms with Crippen LogP contribution in [0.15, 0.2) is 35.9 Å². The standard InChI is InChI=1S/C14H17NO3/c1-4-7-10(2)13(16)15-12-9-6-5-8-11(12)14(17)18-3/h5-9H,4H2,1-3H3,(H,15,16)/b10-7+. The Hall–Kier alpha value is -2.10. The third kappa shape index (κ3) is 3.45. The van der Waals surface area contributed by atoms with Gasteiger partial charge in [0.2, 0.25) is 0 Å². The molecular formula is C14H17NO3. The molecule has 1 aromatic rings. The highest BCUT2D eigenvalue weighted by Gasteiger charge is 2.13. The van der Waals surface area contributed by atoms with Crippen molar-refractivity contribution >= 4 is 17.6 Å². The summed E-state index contributed by atoms with van der Waals surface area (Å²) in [5.74, 6) is -0.684. The summed E-state index contributed by atoms with van der Waals surface area (Å²) in [6.45, 7) is 3.69. The van der Waals surface area contributed by atoms with E-state index in [4.69, 9.17) is 0 Å². The third-order valence-electron chi connectivity index (χ3n) is 2.45. The van der Waals surface area contributed by atoms with Gasteiger partial charge in [-0.05, 0) is 25.5 Å². The number of esters is 1. The van der Waals surface area contributed by atoms with E-state index in [1.165, 1.54) is 7.11 Å². The molecule has 0 saturated carbocycles. The zero-order valence-electron chi connectivity index (χ0n) is 10.8. The second kappa shape index (κ2) is 6.59. The molecule has 4 nitrogen and oxygen atoms in total. The Morgan fingerprint density at radius 3 is 2.61 bits per heavy atom. The van der Waals surface area contributed by atoms with Gasteiger partial charge in [-0.3, -0.25) is 4.79 Å². The van der Waals surface area contributed by atoms with Crippen molar-refractivity contribution in [1.82, 2.24) is 0 Å². The van der Waals surface area contributed by atoms with Gasteiger partial charge in [0.25, 0.3) is 5.91 Å². The second-order valence-electron chi connectivity index (χ2n) is 3.79. The summed E-state index contributed by atoms with van der Waals surface area (Å²) in [5, 5.41) is 2.70. The topological polar surface area (TPSA) is 55.4 Å². The maximum absolute atomic E-state index is 11.8. The Morgan fingerprint density at radius 2 is 2.00 bits per heavy atom. The number of ether oxygens (including phenoxy) is 1. The molecule has 0 spiro atoms. The highest BCUT2D eigenvalue weighted by Crippen LogP contribution is 2.16. The number of hydrogen-bond donors (Lipinski definition) is 1. The molecule has 96 valence electrons. The Balaban J connectivity index is 2.95. The van der Waals surface area contributed by atoms with E-state index in [9.17, 15) is 9.59 Å². The van der Waals surface area contributed by atoms with Gasteiger partial charge in [0.05, 0.1) is 18.4 Å². The molecule has 0 heterocycles. The van der Waals surface area contributed by atoms with E-state index in [0.29, 0.717) is 16.8 Å². The van der Waals surface area contributed by atoms with Gasteiger partial charge in [0.1, 0.15) is 0 Å². The molecule has 0 atom stereocenters. The van der Waals surface area contributed by atoms with Gasteiger partial charge in [0.15, 0.2) is 0 Å². The van der Waals surface area contributed by atoms with E-state index in [1.54, 1.807) is 31.2 Å². The molecular weight excluding hydrogens is 230 g/mol. The molecule has 0 radical (unpaired) electrons. The number of amides is 1. The SMILES string of the molecule is CC/C=C(\C)C(=O)Nc1ccccc1C(=O)OC. The largest absolute Gasteiger partial charge is 0.465 e. The van der Waals surface area contributed by atoms with Gasteiger partial charge in [-0.15, -0.1) is 0 Å². The fourth-order valence-corrected chi connectivity index (χ4v) is 1.50. The van der Waals surface area contributed by atoms with Crippen LogP contribution in [0.2, 0.25) is 0 Å². The van der Waals surface area contributed by atoms with E-state index < -0.39 is 5.97 Å². The first-order valence-electron chi connectivity index (χ1n) is 5.75. The summed E-state index contributed by atoms with van der Waals surface area (Å²) >= 11 is 0. The highest BCUT2D eigenvalue weighted by atomic mass is 16.5. The molecule has 0 saturated heterocycles. The molecule has 0 aliphatic carbocycles. The number of methoxy groups -OCH3 is 1. The zero-order chi connectivity index (χ0) is 13.5. The molecule has 1 N–H and O–H groups in total. The predicted octanol–water partition coefficient (Wildman–Crippen LogP) is 2.77. The molecule has 0 aliphatic rings. The lowest BCUT2D eigenvalue weighted by Gasteiger charge is -2.09. The maximum Gasteiger partial charge on any atom is 0.339 e. The summed E-state index contributed by atoms with van der Waals surface area (Å²) < 4.78 is 4.66. The van der Waals surface area contributed by atoms with Crippen LogP contribution >= 0.6 is 0 Å². The third-order valence-corrected chi connectivity index (χ3v) is 2.45. The van der Waals surface area contributed by atoms with Crippen molar-refractivity contribution in [2.45, 2.75) is 20.3 Å². The molecule has 1 rings (SSSR count). The predicted molar refractivity (Wildman–Crippen MR) is 70.5 cm³/mol. The van der Waals surface area contributed by atoms with Crippen LogP contribution in [-0.2, 0) is 9.53 Å². The molecule has 0 fully saturated rings. The average Bonchev–Trinajstić information content (AvgIpc) is 2.38. The van der Waals surface area contributed by atoms with Crippen molar-refractivity contribution in [3.05, 3.63) is 41.5 Å². The van der Waals surface area contributed by atoms with Gasteiger partial charge in [0, 0.05) is 5.57 Å². The first-order valence-corrected chi connectivity index (χ1v) is 5.75. The van der Waals surface area contributed by atoms with E-state index in [1.807, 2.05) is 13.0 Å². The molecule has 1 aromatic carbocycles. The minimum Gasteiger partial charge on any atom is -0.465 e. The molecule has 0 aliphatic heterocycles. The van der Waals surface area contributed by atoms with Gasteiger partial charge < -0.3 is 10.1 Å². The van der Waals surface area contributed by atoms with Crippen molar-refractivity contribution in [3.63, 3.8) is 0 Å². The van der Waals surface area contributed by atoms with E-state index in [0.717, 1.165) is 6.42 Å². The quantitative estimate of drug-likeness (QED) is 0.657. The van der Waals surface area contributed by atoms with Crippen molar-refractivity contribution in [3.8, 4) is 0 Å². The lowest BCUT2D eigenvalue weighted by Crippen LogP contribution is -2.15. The molecule has 4 heteroatoms. The number of nitrogens with one attached hydrogen (secondary N) is 1. The van der Waals surface area contributed by atoms with Crippen molar-refractivity contribution in [2.24, 2.45) is 0 Å². The fourth-order valence-electron chi connectivity index (χ4n) is 1.50. The van der Waals surface area contributed by atoms with Crippen LogP contribution in [-0.4, -0.2) is 19.0 Å². The summed E-state index contributed by atoms with van der Waals surface area (Å²) in [6.07, 6.45) is 2.62. The number of anilines is 1. The Bertz CT molecular complexity index is 478. The molecule has 18 heavy (non-hydrogen) atoms. The Morgan fingerprint density at radius 1 is 1.33 bits per heavy atom. The van der Waals surface area contributed by atoms with Crippen molar-refractivity contribution in [2.75, 3.05) is 12.4 Å². The molecule has 0 aromatic heterocycles. The summed E-state index contributed by atoms with van der Waals surface area (Å²) in [7, 11) is 1.31. The number of para-hydroxylation sites is 1. The number of carbonyl (C=O) groups excluding carboxylic acids is 2. The number of rotatable bonds is 4. The first-order chi connectivity index (χ1) is 8.60. The van der Waals surface area contributed by atoms with Crippen LogP contribution in [0.1, 0.15) is 30.6 Å². The van der Waals surface area contributed by atoms with Crippen LogP contribution in [0.4, 0.5) is 5.69 Å². The summed E-state index contributed by atoms with van der Waals surface area (Å²) in [4.78, 5) is 23.4. The minimum atomic E-state index is -0.469. The lowest BCUT2D eigenvalue weighted by molar-refractivity contribution is -0.112. The fraction of sp³-hybridized carbons (Fsp3) is 0.286. The summed E-state index contributed by atoms with van der Waals surface area (Å²) in [5.41, 5.74) is 1.42. The molecule has 0 unspecified atom stereocenters. The Kier molecular flexibility index (Phi) is 5.11. The number of carbonyl (C=O) groups is 2. The minimum absolute atomic E-state index is 0.215. The van der Waals surface area contributed by atoms with E-state index in [2.05, 4.69) is 10.1 Å². The summed E-state index contributed by atoms with van der Waals surface area (Å²) in [6, 6.07) is 6.75. The number of benzene rings is 1. The zero-order valence-corrected chi connectivity index (χ0v) is 10.8. The van der Waals surface area contributed by atoms with Gasteiger partial charge >= 0.3 is 5.97 Å². The lowest BCUT2D eigenvalue weighted by atomic mass is 10.1. The first kappa shape index (κ1) is 14.0. The smallest absolute Gasteiger partial charge is 0.339 e. The van der Waals surface area contributed by atoms with Gasteiger partial charge in [-0.1, -0.05) is 25.1 Å². The normalized spacial score (nSPS) is 10.9. The maximum atomic E-state index is 11.8. The van der Waals surface area contributed by atoms with Crippen molar-refractivity contribution < 1.29 is 14.3 Å². The van der Waals surface area contributed by atoms with Crippen LogP contribution in [0.3, 0.4) is 0 Å². The van der Waals surface area contributed by atoms with Gasteiger partial charge in [-0.2, -0.15) is 0 Å². The molecule has 1 amide bonds. The average molecular weight is 247 g/mol. The van der Waals surface area contributed by atoms with Crippen LogP contribution < -0.4 is 5.32 Å². The van der Waals surface area contributed by atoms with Gasteiger partial charge in [-0.25, -0.2) is 4.79 Å². The van der Waals surface area contributed by atoms with Crippen LogP contribution in [0.25, 0.3) is 0 Å². The highest BCUT2D eigenvalue weighted by molar-refractivity contribution is 6.07. The van der Waals surface area contributed by atoms with Crippen LogP contribution in [0.5, 0.6) is 0 Å². The number of hydrogen-bond acceptors (Lipinski definition) is 3. The van der Waals surface area contributed by atoms with Crippen molar-refractivity contribution in [1.29, 1.82) is 0 Å². The monoisotopic (exact) mass is 247 g/mol. The Labute approximate surface area is 107 Å². The van der Waals surface area contributed by atoms with Crippen LogP contribution in [0, 0.1) is 0 Å². The number of allylic oxidation sites excluding steroid dienone is 1. The molecule has 0 bridgehead atoms. The van der Waals surface area contributed by atoms with E-state index >= 15 is 0 Å². The second-order valence-corrected chi connectivity index (χ2v) is 3.79.